The molecular formula is C20H24N2O3. The van der Waals surface area contributed by atoms with E-state index in [2.05, 4.69) is 10.6 Å². The first-order valence-electron chi connectivity index (χ1n) is 8.52. The van der Waals surface area contributed by atoms with Gasteiger partial charge < -0.3 is 15.4 Å². The molecule has 0 aliphatic carbocycles. The van der Waals surface area contributed by atoms with Gasteiger partial charge >= 0.3 is 0 Å². The summed E-state index contributed by atoms with van der Waals surface area (Å²) in [4.78, 5) is 24.1. The van der Waals surface area contributed by atoms with E-state index in [9.17, 15) is 9.59 Å². The normalized spacial score (nSPS) is 10.2. The van der Waals surface area contributed by atoms with Gasteiger partial charge in [0.15, 0.2) is 0 Å². The van der Waals surface area contributed by atoms with Crippen LogP contribution < -0.4 is 15.4 Å². The molecule has 0 fully saturated rings. The summed E-state index contributed by atoms with van der Waals surface area (Å²) in [5.74, 6) is 0.569. The third-order valence-electron chi connectivity index (χ3n) is 3.64. The molecule has 2 aromatic rings. The van der Waals surface area contributed by atoms with Crippen molar-refractivity contribution in [3.63, 3.8) is 0 Å². The molecule has 0 saturated heterocycles. The van der Waals surface area contributed by atoms with E-state index in [0.717, 1.165) is 11.3 Å². The minimum atomic E-state index is -0.149. The number of carbonyl (C=O) groups is 2. The maximum Gasteiger partial charge on any atom is 0.251 e. The molecule has 2 aromatic carbocycles. The highest BCUT2D eigenvalue weighted by Crippen LogP contribution is 2.20. The van der Waals surface area contributed by atoms with Crippen LogP contribution in [0.2, 0.25) is 0 Å². The van der Waals surface area contributed by atoms with Gasteiger partial charge in [-0.15, -0.1) is 0 Å². The molecule has 2 N–H and O–H groups in total. The van der Waals surface area contributed by atoms with E-state index in [1.54, 1.807) is 24.3 Å². The number of nitrogens with one attached hydrogen (secondary N) is 2. The minimum absolute atomic E-state index is 0.0978. The zero-order valence-electron chi connectivity index (χ0n) is 14.7. The zero-order chi connectivity index (χ0) is 18.1. The highest BCUT2D eigenvalue weighted by atomic mass is 16.5. The number of para-hydroxylation sites is 1. The summed E-state index contributed by atoms with van der Waals surface area (Å²) in [6.07, 6.45) is 0.938. The van der Waals surface area contributed by atoms with Gasteiger partial charge in [0.25, 0.3) is 5.91 Å². The quantitative estimate of drug-likeness (QED) is 0.774. The number of ether oxygens (including phenoxy) is 1. The van der Waals surface area contributed by atoms with Gasteiger partial charge in [0, 0.05) is 24.2 Å². The molecule has 0 heterocycles. The standard InChI is InChI=1S/C20H24N2O3/c1-3-21-20(24)16-9-7-10-17(14-16)22-19(23)13-12-15-8-5-6-11-18(15)25-4-2/h5-11,14H,3-4,12-13H2,1-2H3,(H,21,24)(H,22,23). The summed E-state index contributed by atoms with van der Waals surface area (Å²) in [6.45, 7) is 4.96. The molecule has 0 saturated carbocycles. The van der Waals surface area contributed by atoms with Gasteiger partial charge in [-0.1, -0.05) is 24.3 Å². The van der Waals surface area contributed by atoms with Crippen molar-refractivity contribution in [2.24, 2.45) is 0 Å². The molecule has 0 aromatic heterocycles. The van der Waals surface area contributed by atoms with Crippen molar-refractivity contribution in [2.75, 3.05) is 18.5 Å². The average molecular weight is 340 g/mol. The monoisotopic (exact) mass is 340 g/mol. The Labute approximate surface area is 148 Å². The molecule has 0 aliphatic rings. The Morgan fingerprint density at radius 3 is 2.60 bits per heavy atom. The maximum absolute atomic E-state index is 12.2. The first-order chi connectivity index (χ1) is 12.1. The Kier molecular flexibility index (Phi) is 7.01. The summed E-state index contributed by atoms with van der Waals surface area (Å²) in [6, 6.07) is 14.7. The number of anilines is 1. The molecule has 0 spiro atoms. The van der Waals surface area contributed by atoms with Crippen molar-refractivity contribution >= 4 is 17.5 Å². The van der Waals surface area contributed by atoms with Crippen molar-refractivity contribution < 1.29 is 14.3 Å². The highest BCUT2D eigenvalue weighted by molar-refractivity contribution is 5.97. The fourth-order valence-corrected chi connectivity index (χ4v) is 2.48. The van der Waals surface area contributed by atoms with Crippen LogP contribution in [0.25, 0.3) is 0 Å². The molecule has 2 amide bonds. The van der Waals surface area contributed by atoms with Gasteiger partial charge in [-0.05, 0) is 50.1 Å². The summed E-state index contributed by atoms with van der Waals surface area (Å²) in [7, 11) is 0. The van der Waals surface area contributed by atoms with Gasteiger partial charge in [-0.2, -0.15) is 0 Å². The lowest BCUT2D eigenvalue weighted by Gasteiger charge is -2.10. The van der Waals surface area contributed by atoms with E-state index >= 15 is 0 Å². The van der Waals surface area contributed by atoms with Gasteiger partial charge in [0.1, 0.15) is 5.75 Å². The van der Waals surface area contributed by atoms with Crippen LogP contribution in [0.3, 0.4) is 0 Å². The largest absolute Gasteiger partial charge is 0.494 e. The molecule has 132 valence electrons. The fraction of sp³-hybridized carbons (Fsp3) is 0.300. The Hall–Kier alpha value is -2.82. The van der Waals surface area contributed by atoms with Crippen LogP contribution in [0.5, 0.6) is 5.75 Å². The summed E-state index contributed by atoms with van der Waals surface area (Å²) >= 11 is 0. The number of carbonyl (C=O) groups excluding carboxylic acids is 2. The maximum atomic E-state index is 12.2. The number of amides is 2. The Balaban J connectivity index is 1.95. The van der Waals surface area contributed by atoms with E-state index in [0.29, 0.717) is 37.2 Å². The van der Waals surface area contributed by atoms with Crippen LogP contribution in [0.15, 0.2) is 48.5 Å². The van der Waals surface area contributed by atoms with E-state index < -0.39 is 0 Å². The van der Waals surface area contributed by atoms with E-state index in [-0.39, 0.29) is 11.8 Å². The second-order valence-electron chi connectivity index (χ2n) is 5.53. The molecule has 5 nitrogen and oxygen atoms in total. The number of hydrogen-bond acceptors (Lipinski definition) is 3. The summed E-state index contributed by atoms with van der Waals surface area (Å²) < 4.78 is 5.58. The predicted octanol–water partition coefficient (Wildman–Crippen LogP) is 3.41. The SMILES string of the molecule is CCNC(=O)c1cccc(NC(=O)CCc2ccccc2OCC)c1. The summed E-state index contributed by atoms with van der Waals surface area (Å²) in [5.41, 5.74) is 2.16. The molecule has 0 radical (unpaired) electrons. The highest BCUT2D eigenvalue weighted by Gasteiger charge is 2.09. The summed E-state index contributed by atoms with van der Waals surface area (Å²) in [5, 5.41) is 5.58. The molecule has 0 aliphatic heterocycles. The van der Waals surface area contributed by atoms with Crippen LogP contribution in [-0.2, 0) is 11.2 Å². The number of benzene rings is 2. The van der Waals surface area contributed by atoms with Crippen molar-refractivity contribution in [2.45, 2.75) is 26.7 Å². The van der Waals surface area contributed by atoms with Crippen LogP contribution in [0, 0.1) is 0 Å². The molecule has 25 heavy (non-hydrogen) atoms. The second kappa shape index (κ2) is 9.47. The van der Waals surface area contributed by atoms with Crippen molar-refractivity contribution in [1.82, 2.24) is 5.32 Å². The van der Waals surface area contributed by atoms with Gasteiger partial charge in [-0.25, -0.2) is 0 Å². The van der Waals surface area contributed by atoms with Crippen molar-refractivity contribution in [1.29, 1.82) is 0 Å². The van der Waals surface area contributed by atoms with Crippen molar-refractivity contribution in [3.05, 3.63) is 59.7 Å². The topological polar surface area (TPSA) is 67.4 Å². The third-order valence-corrected chi connectivity index (χ3v) is 3.64. The fourth-order valence-electron chi connectivity index (χ4n) is 2.48. The lowest BCUT2D eigenvalue weighted by atomic mass is 10.1. The van der Waals surface area contributed by atoms with Gasteiger partial charge in [0.05, 0.1) is 6.61 Å². The number of aryl methyl sites for hydroxylation is 1. The van der Waals surface area contributed by atoms with E-state index in [1.165, 1.54) is 0 Å². The molecule has 5 heteroatoms. The predicted molar refractivity (Wildman–Crippen MR) is 99.0 cm³/mol. The minimum Gasteiger partial charge on any atom is -0.494 e. The molecule has 0 unspecified atom stereocenters. The van der Waals surface area contributed by atoms with Crippen molar-refractivity contribution in [3.8, 4) is 5.75 Å². The lowest BCUT2D eigenvalue weighted by molar-refractivity contribution is -0.116. The van der Waals surface area contributed by atoms with Gasteiger partial charge in [0.2, 0.25) is 5.91 Å². The Morgan fingerprint density at radius 1 is 1.04 bits per heavy atom. The third kappa shape index (κ3) is 5.64. The van der Waals surface area contributed by atoms with Crippen LogP contribution in [0.1, 0.15) is 36.2 Å². The van der Waals surface area contributed by atoms with Crippen LogP contribution >= 0.6 is 0 Å². The number of rotatable bonds is 8. The zero-order valence-corrected chi connectivity index (χ0v) is 14.7. The Bertz CT molecular complexity index is 728. The Morgan fingerprint density at radius 2 is 1.84 bits per heavy atom. The first-order valence-corrected chi connectivity index (χ1v) is 8.52. The van der Waals surface area contributed by atoms with E-state index in [4.69, 9.17) is 4.74 Å². The van der Waals surface area contributed by atoms with Gasteiger partial charge in [-0.3, -0.25) is 9.59 Å². The number of hydrogen-bond donors (Lipinski definition) is 2. The molecule has 2 rings (SSSR count). The van der Waals surface area contributed by atoms with E-state index in [1.807, 2.05) is 38.1 Å². The smallest absolute Gasteiger partial charge is 0.251 e. The first kappa shape index (κ1) is 18.5. The molecule has 0 atom stereocenters. The average Bonchev–Trinajstić information content (AvgIpc) is 2.62. The van der Waals surface area contributed by atoms with Crippen LogP contribution in [0.4, 0.5) is 5.69 Å². The second-order valence-corrected chi connectivity index (χ2v) is 5.53. The molecular weight excluding hydrogens is 316 g/mol. The van der Waals surface area contributed by atoms with Crippen LogP contribution in [-0.4, -0.2) is 25.0 Å². The molecule has 0 bridgehead atoms. The lowest BCUT2D eigenvalue weighted by Crippen LogP contribution is -2.22.